The van der Waals surface area contributed by atoms with Gasteiger partial charge in [-0.15, -0.1) is 0 Å². The second kappa shape index (κ2) is 9.11. The number of hydrogen-bond acceptors (Lipinski definition) is 5. The molecule has 0 aliphatic heterocycles. The van der Waals surface area contributed by atoms with Gasteiger partial charge in [-0.3, -0.25) is 9.78 Å². The largest absolute Gasteiger partial charge is 0.360 e. The maximum Gasteiger partial charge on any atom is 0.251 e. The number of benzene rings is 2. The molecule has 34 heavy (non-hydrogen) atoms. The number of hydrogen-bond donors (Lipinski definition) is 2. The van der Waals surface area contributed by atoms with Crippen molar-refractivity contribution in [3.63, 3.8) is 0 Å². The molecule has 0 saturated carbocycles. The minimum atomic E-state index is -0.348. The van der Waals surface area contributed by atoms with E-state index in [1.807, 2.05) is 24.3 Å². The number of halogens is 1. The van der Waals surface area contributed by atoms with Gasteiger partial charge in [0.1, 0.15) is 23.1 Å². The molecule has 0 unspecified atom stereocenters. The van der Waals surface area contributed by atoms with Crippen LogP contribution in [-0.4, -0.2) is 26.0 Å². The molecule has 0 aliphatic carbocycles. The molecule has 3 heterocycles. The molecule has 0 saturated heterocycles. The molecule has 5 rings (SSSR count). The minimum absolute atomic E-state index is 0.171. The Bertz CT molecular complexity index is 1440. The van der Waals surface area contributed by atoms with Crippen molar-refractivity contribution in [1.29, 1.82) is 0 Å². The Morgan fingerprint density at radius 2 is 1.91 bits per heavy atom. The van der Waals surface area contributed by atoms with Gasteiger partial charge in [-0.1, -0.05) is 35.5 Å². The Kier molecular flexibility index (Phi) is 5.70. The van der Waals surface area contributed by atoms with Gasteiger partial charge in [-0.05, 0) is 42.8 Å². The molecule has 7 nitrogen and oxygen atoms in total. The number of aromatic amines is 1. The Morgan fingerprint density at radius 3 is 2.68 bits per heavy atom. The Balaban J connectivity index is 1.35. The van der Waals surface area contributed by atoms with Crippen molar-refractivity contribution in [2.45, 2.75) is 13.5 Å². The molecule has 5 aromatic rings. The lowest BCUT2D eigenvalue weighted by Gasteiger charge is -2.06. The van der Waals surface area contributed by atoms with Crippen molar-refractivity contribution in [3.05, 3.63) is 102 Å². The zero-order valence-corrected chi connectivity index (χ0v) is 18.2. The molecule has 0 atom stereocenters. The highest BCUT2D eigenvalue weighted by atomic mass is 19.1. The number of carbonyl (C=O) groups excluding carboxylic acids is 1. The fraction of sp³-hybridized carbons (Fsp3) is 0.0769. The van der Waals surface area contributed by atoms with E-state index in [2.05, 4.69) is 25.4 Å². The van der Waals surface area contributed by atoms with Crippen molar-refractivity contribution in [1.82, 2.24) is 25.4 Å². The van der Waals surface area contributed by atoms with Gasteiger partial charge in [-0.2, -0.15) is 0 Å². The molecule has 3 aromatic heterocycles. The summed E-state index contributed by atoms with van der Waals surface area (Å²) in [6.45, 7) is 2.20. The summed E-state index contributed by atoms with van der Waals surface area (Å²) in [5, 5.41) is 7.00. The first-order valence-corrected chi connectivity index (χ1v) is 10.6. The molecular weight excluding hydrogens is 433 g/mol. The Morgan fingerprint density at radius 1 is 1.06 bits per heavy atom. The maximum absolute atomic E-state index is 13.7. The van der Waals surface area contributed by atoms with Crippen LogP contribution in [0.1, 0.15) is 21.7 Å². The van der Waals surface area contributed by atoms with E-state index in [-0.39, 0.29) is 11.7 Å². The Hall–Kier alpha value is -4.59. The van der Waals surface area contributed by atoms with Gasteiger partial charge in [0, 0.05) is 35.6 Å². The van der Waals surface area contributed by atoms with Gasteiger partial charge in [0.25, 0.3) is 5.91 Å². The van der Waals surface area contributed by atoms with E-state index in [0.717, 1.165) is 16.7 Å². The average Bonchev–Trinajstić information content (AvgIpc) is 3.50. The van der Waals surface area contributed by atoms with Crippen LogP contribution in [0, 0.1) is 12.7 Å². The van der Waals surface area contributed by atoms with E-state index in [4.69, 9.17) is 4.52 Å². The number of nitrogens with one attached hydrogen (secondary N) is 2. The second-order valence-electron chi connectivity index (χ2n) is 7.74. The average molecular weight is 453 g/mol. The Labute approximate surface area is 194 Å². The van der Waals surface area contributed by atoms with Crippen LogP contribution in [0.15, 0.2) is 83.8 Å². The van der Waals surface area contributed by atoms with Crippen LogP contribution in [0.25, 0.3) is 33.9 Å². The van der Waals surface area contributed by atoms with Crippen molar-refractivity contribution in [2.75, 3.05) is 0 Å². The number of carbonyl (C=O) groups is 1. The summed E-state index contributed by atoms with van der Waals surface area (Å²) in [6.07, 6.45) is 5.10. The van der Waals surface area contributed by atoms with Gasteiger partial charge in [0.2, 0.25) is 0 Å². The highest BCUT2D eigenvalue weighted by molar-refractivity contribution is 5.94. The van der Waals surface area contributed by atoms with Crippen LogP contribution in [0.2, 0.25) is 0 Å². The number of nitrogens with zero attached hydrogens (tertiary/aromatic N) is 3. The third-order valence-corrected chi connectivity index (χ3v) is 5.40. The number of aromatic nitrogens is 4. The lowest BCUT2D eigenvalue weighted by atomic mass is 10.0. The van der Waals surface area contributed by atoms with Gasteiger partial charge >= 0.3 is 0 Å². The van der Waals surface area contributed by atoms with E-state index in [0.29, 0.717) is 40.6 Å². The van der Waals surface area contributed by atoms with Crippen LogP contribution in [0.3, 0.4) is 0 Å². The summed E-state index contributed by atoms with van der Waals surface area (Å²) in [5.74, 6) is 0.701. The van der Waals surface area contributed by atoms with Crippen molar-refractivity contribution >= 4 is 5.91 Å². The zero-order valence-electron chi connectivity index (χ0n) is 18.2. The van der Waals surface area contributed by atoms with Crippen LogP contribution in [0.5, 0.6) is 0 Å². The van der Waals surface area contributed by atoms with Crippen LogP contribution < -0.4 is 5.32 Å². The maximum atomic E-state index is 13.7. The third-order valence-electron chi connectivity index (χ3n) is 5.40. The quantitative estimate of drug-likeness (QED) is 0.370. The second-order valence-corrected chi connectivity index (χ2v) is 7.74. The number of H-pyrrole nitrogens is 1. The number of imidazole rings is 1. The van der Waals surface area contributed by atoms with E-state index in [1.54, 1.807) is 49.8 Å². The molecule has 8 heteroatoms. The predicted molar refractivity (Wildman–Crippen MR) is 125 cm³/mol. The molecule has 168 valence electrons. The number of rotatable bonds is 6. The van der Waals surface area contributed by atoms with Crippen LogP contribution >= 0.6 is 0 Å². The monoisotopic (exact) mass is 453 g/mol. The molecule has 0 fully saturated rings. The van der Waals surface area contributed by atoms with Crippen LogP contribution in [0.4, 0.5) is 4.39 Å². The first-order valence-electron chi connectivity index (χ1n) is 10.6. The molecule has 2 N–H and O–H groups in total. The predicted octanol–water partition coefficient (Wildman–Crippen LogP) is 5.17. The molecule has 0 aliphatic rings. The van der Waals surface area contributed by atoms with E-state index in [9.17, 15) is 9.18 Å². The zero-order chi connectivity index (χ0) is 23.5. The number of amides is 1. The number of aryl methyl sites for hydroxylation is 1. The normalized spacial score (nSPS) is 10.9. The lowest BCUT2D eigenvalue weighted by Crippen LogP contribution is -2.22. The van der Waals surface area contributed by atoms with Crippen molar-refractivity contribution < 1.29 is 13.7 Å². The molecule has 0 radical (unpaired) electrons. The van der Waals surface area contributed by atoms with Gasteiger partial charge < -0.3 is 14.8 Å². The van der Waals surface area contributed by atoms with E-state index >= 15 is 0 Å². The van der Waals surface area contributed by atoms with Crippen molar-refractivity contribution in [3.8, 4) is 33.9 Å². The third kappa shape index (κ3) is 4.33. The summed E-state index contributed by atoms with van der Waals surface area (Å²) < 4.78 is 19.1. The minimum Gasteiger partial charge on any atom is -0.360 e. The molecule has 0 spiro atoms. The van der Waals surface area contributed by atoms with E-state index < -0.39 is 0 Å². The van der Waals surface area contributed by atoms with Crippen molar-refractivity contribution in [2.24, 2.45) is 0 Å². The fourth-order valence-electron chi connectivity index (χ4n) is 3.68. The highest BCUT2D eigenvalue weighted by Crippen LogP contribution is 2.34. The van der Waals surface area contributed by atoms with Crippen LogP contribution in [-0.2, 0) is 6.54 Å². The number of pyridine rings is 1. The first-order chi connectivity index (χ1) is 16.6. The molecule has 0 bridgehead atoms. The standard InChI is InChI=1S/C26H20FN5O2/c1-16-23(24(32-34-16)20-5-2-6-21(27)12-20)22-15-29-25(31-22)18-7-9-19(10-8-18)26(33)30-14-17-4-3-11-28-13-17/h2-13,15H,14H2,1H3,(H,29,31)(H,30,33). The van der Waals surface area contributed by atoms with E-state index in [1.165, 1.54) is 12.1 Å². The summed E-state index contributed by atoms with van der Waals surface area (Å²) in [7, 11) is 0. The smallest absolute Gasteiger partial charge is 0.251 e. The first kappa shape index (κ1) is 21.3. The summed E-state index contributed by atoms with van der Waals surface area (Å²) in [6, 6.07) is 17.1. The molecule has 2 aromatic carbocycles. The summed E-state index contributed by atoms with van der Waals surface area (Å²) >= 11 is 0. The topological polar surface area (TPSA) is 96.7 Å². The van der Waals surface area contributed by atoms with Gasteiger partial charge in [0.15, 0.2) is 0 Å². The summed E-state index contributed by atoms with van der Waals surface area (Å²) in [5.41, 5.74) is 4.86. The van der Waals surface area contributed by atoms with Gasteiger partial charge in [-0.25, -0.2) is 9.37 Å². The lowest BCUT2D eigenvalue weighted by molar-refractivity contribution is 0.0951. The SMILES string of the molecule is Cc1onc(-c2cccc(F)c2)c1-c1cnc(-c2ccc(C(=O)NCc3cccnc3)cc2)[nH]1. The molecular formula is C26H20FN5O2. The van der Waals surface area contributed by atoms with Gasteiger partial charge in [0.05, 0.1) is 17.5 Å². The molecule has 1 amide bonds. The summed E-state index contributed by atoms with van der Waals surface area (Å²) in [4.78, 5) is 24.3. The highest BCUT2D eigenvalue weighted by Gasteiger charge is 2.19. The fourth-order valence-corrected chi connectivity index (χ4v) is 3.68.